The molecule has 0 amide bonds. The van der Waals surface area contributed by atoms with Crippen LogP contribution < -0.4 is 5.73 Å². The van der Waals surface area contributed by atoms with Gasteiger partial charge in [0, 0.05) is 4.47 Å². The maximum atomic E-state index is 5.94. The average Bonchev–Trinajstić information content (AvgIpc) is 2.50. The number of unbranched alkanes of at least 4 members (excludes halogenated alkanes) is 7. The van der Waals surface area contributed by atoms with Gasteiger partial charge in [-0.25, -0.2) is 0 Å². The van der Waals surface area contributed by atoms with Crippen molar-refractivity contribution < 1.29 is 0 Å². The quantitative estimate of drug-likeness (QED) is 0.451. The van der Waals surface area contributed by atoms with Crippen LogP contribution in [0, 0.1) is 5.92 Å². The molecule has 1 aromatic rings. The third-order valence-electron chi connectivity index (χ3n) is 4.24. The molecule has 0 aliphatic carbocycles. The second-order valence-corrected chi connectivity index (χ2v) is 7.11. The lowest BCUT2D eigenvalue weighted by Gasteiger charge is -2.14. The fraction of sp³-hybridized carbons (Fsp3) is 0.684. The first-order chi connectivity index (χ1) is 10.3. The Hall–Kier alpha value is -0.340. The molecule has 0 saturated heterocycles. The molecule has 1 unspecified atom stereocenters. The third-order valence-corrected chi connectivity index (χ3v) is 4.77. The summed E-state index contributed by atoms with van der Waals surface area (Å²) in [5, 5.41) is 0. The SMILES string of the molecule is CCCCCCCCCCC(CN)Cc1ccc(Br)cc1. The third kappa shape index (κ3) is 9.31. The van der Waals surface area contributed by atoms with Gasteiger partial charge in [0.15, 0.2) is 0 Å². The summed E-state index contributed by atoms with van der Waals surface area (Å²) < 4.78 is 1.15. The monoisotopic (exact) mass is 353 g/mol. The van der Waals surface area contributed by atoms with Crippen LogP contribution in [0.2, 0.25) is 0 Å². The number of nitrogens with two attached hydrogens (primary N) is 1. The molecule has 1 atom stereocenters. The van der Waals surface area contributed by atoms with Crippen molar-refractivity contribution >= 4 is 15.9 Å². The molecule has 2 heteroatoms. The second-order valence-electron chi connectivity index (χ2n) is 6.20. The normalized spacial score (nSPS) is 12.5. The Morgan fingerprint density at radius 1 is 0.905 bits per heavy atom. The van der Waals surface area contributed by atoms with Crippen LogP contribution >= 0.6 is 15.9 Å². The molecule has 0 saturated carbocycles. The van der Waals surface area contributed by atoms with Crippen molar-refractivity contribution in [2.75, 3.05) is 6.54 Å². The van der Waals surface area contributed by atoms with Gasteiger partial charge in [-0.3, -0.25) is 0 Å². The summed E-state index contributed by atoms with van der Waals surface area (Å²) in [5.41, 5.74) is 7.35. The molecule has 1 rings (SSSR count). The van der Waals surface area contributed by atoms with Crippen molar-refractivity contribution in [2.45, 2.75) is 71.1 Å². The molecular weight excluding hydrogens is 322 g/mol. The van der Waals surface area contributed by atoms with Crippen LogP contribution in [0.4, 0.5) is 0 Å². The largest absolute Gasteiger partial charge is 0.330 e. The minimum Gasteiger partial charge on any atom is -0.330 e. The Balaban J connectivity index is 2.09. The lowest BCUT2D eigenvalue weighted by molar-refractivity contribution is 0.455. The van der Waals surface area contributed by atoms with Crippen LogP contribution in [0.15, 0.2) is 28.7 Å². The first-order valence-corrected chi connectivity index (χ1v) is 9.50. The summed E-state index contributed by atoms with van der Waals surface area (Å²) in [6.07, 6.45) is 13.5. The zero-order chi connectivity index (χ0) is 15.3. The molecule has 0 radical (unpaired) electrons. The van der Waals surface area contributed by atoms with Gasteiger partial charge in [0.2, 0.25) is 0 Å². The van der Waals surface area contributed by atoms with E-state index < -0.39 is 0 Å². The van der Waals surface area contributed by atoms with Crippen LogP contribution in [0.5, 0.6) is 0 Å². The highest BCUT2D eigenvalue weighted by Gasteiger charge is 2.07. The first-order valence-electron chi connectivity index (χ1n) is 8.70. The van der Waals surface area contributed by atoms with E-state index >= 15 is 0 Å². The molecule has 120 valence electrons. The van der Waals surface area contributed by atoms with E-state index in [9.17, 15) is 0 Å². The van der Waals surface area contributed by atoms with Gasteiger partial charge in [-0.1, -0.05) is 86.4 Å². The Labute approximate surface area is 139 Å². The number of hydrogen-bond acceptors (Lipinski definition) is 1. The Morgan fingerprint density at radius 2 is 1.48 bits per heavy atom. The summed E-state index contributed by atoms with van der Waals surface area (Å²) in [6.45, 7) is 3.09. The van der Waals surface area contributed by atoms with Gasteiger partial charge < -0.3 is 5.73 Å². The zero-order valence-corrected chi connectivity index (χ0v) is 15.2. The minimum absolute atomic E-state index is 0.645. The standard InChI is InChI=1S/C19H32BrN/c1-2-3-4-5-6-7-8-9-10-18(16-21)15-17-11-13-19(20)14-12-17/h11-14,18H,2-10,15-16,21H2,1H3. The highest BCUT2D eigenvalue weighted by molar-refractivity contribution is 9.10. The fourth-order valence-electron chi connectivity index (χ4n) is 2.82. The summed E-state index contributed by atoms with van der Waals surface area (Å²) in [7, 11) is 0. The van der Waals surface area contributed by atoms with Gasteiger partial charge in [-0.2, -0.15) is 0 Å². The van der Waals surface area contributed by atoms with E-state index in [0.29, 0.717) is 5.92 Å². The van der Waals surface area contributed by atoms with Crippen molar-refractivity contribution in [3.63, 3.8) is 0 Å². The number of rotatable bonds is 12. The van der Waals surface area contributed by atoms with E-state index in [0.717, 1.165) is 17.4 Å². The molecule has 0 aliphatic rings. The minimum atomic E-state index is 0.645. The second kappa shape index (κ2) is 12.2. The van der Waals surface area contributed by atoms with Crippen LogP contribution in [0.1, 0.15) is 70.3 Å². The summed E-state index contributed by atoms with van der Waals surface area (Å²) >= 11 is 3.49. The Kier molecular flexibility index (Phi) is 10.9. The van der Waals surface area contributed by atoms with Gasteiger partial charge in [0.05, 0.1) is 0 Å². The Morgan fingerprint density at radius 3 is 2.05 bits per heavy atom. The number of hydrogen-bond donors (Lipinski definition) is 1. The Bertz CT molecular complexity index is 347. The van der Waals surface area contributed by atoms with Crippen molar-refractivity contribution in [3.05, 3.63) is 34.3 Å². The highest BCUT2D eigenvalue weighted by atomic mass is 79.9. The molecule has 2 N–H and O–H groups in total. The molecule has 0 heterocycles. The molecule has 0 spiro atoms. The van der Waals surface area contributed by atoms with Crippen LogP contribution in [0.25, 0.3) is 0 Å². The maximum Gasteiger partial charge on any atom is 0.0175 e. The fourth-order valence-corrected chi connectivity index (χ4v) is 3.09. The van der Waals surface area contributed by atoms with Gasteiger partial charge in [0.25, 0.3) is 0 Å². The summed E-state index contributed by atoms with van der Waals surface area (Å²) in [4.78, 5) is 0. The van der Waals surface area contributed by atoms with Gasteiger partial charge in [0.1, 0.15) is 0 Å². The summed E-state index contributed by atoms with van der Waals surface area (Å²) in [6, 6.07) is 8.67. The molecular formula is C19H32BrN. The lowest BCUT2D eigenvalue weighted by Crippen LogP contribution is -2.16. The highest BCUT2D eigenvalue weighted by Crippen LogP contribution is 2.18. The van der Waals surface area contributed by atoms with Gasteiger partial charge >= 0.3 is 0 Å². The van der Waals surface area contributed by atoms with Crippen LogP contribution in [-0.4, -0.2) is 6.54 Å². The molecule has 1 nitrogen and oxygen atoms in total. The summed E-state index contributed by atoms with van der Waals surface area (Å²) in [5.74, 6) is 0.645. The molecule has 0 fully saturated rings. The van der Waals surface area contributed by atoms with Crippen molar-refractivity contribution in [1.29, 1.82) is 0 Å². The van der Waals surface area contributed by atoms with E-state index in [1.54, 1.807) is 0 Å². The zero-order valence-electron chi connectivity index (χ0n) is 13.6. The van der Waals surface area contributed by atoms with E-state index in [1.807, 2.05) is 0 Å². The molecule has 1 aromatic carbocycles. The van der Waals surface area contributed by atoms with E-state index in [1.165, 1.54) is 63.4 Å². The predicted molar refractivity (Wildman–Crippen MR) is 97.6 cm³/mol. The van der Waals surface area contributed by atoms with E-state index in [4.69, 9.17) is 5.73 Å². The lowest BCUT2D eigenvalue weighted by atomic mass is 9.93. The van der Waals surface area contributed by atoms with Gasteiger partial charge in [-0.15, -0.1) is 0 Å². The molecule has 0 aromatic heterocycles. The van der Waals surface area contributed by atoms with Crippen LogP contribution in [-0.2, 0) is 6.42 Å². The van der Waals surface area contributed by atoms with Crippen molar-refractivity contribution in [1.82, 2.24) is 0 Å². The van der Waals surface area contributed by atoms with E-state index in [2.05, 4.69) is 47.1 Å². The average molecular weight is 354 g/mol. The molecule has 21 heavy (non-hydrogen) atoms. The van der Waals surface area contributed by atoms with Crippen molar-refractivity contribution in [2.24, 2.45) is 11.7 Å². The molecule has 0 aliphatic heterocycles. The number of benzene rings is 1. The smallest absolute Gasteiger partial charge is 0.0175 e. The number of halogens is 1. The predicted octanol–water partition coefficient (Wildman–Crippen LogP) is 6.10. The van der Waals surface area contributed by atoms with Crippen LogP contribution in [0.3, 0.4) is 0 Å². The topological polar surface area (TPSA) is 26.0 Å². The van der Waals surface area contributed by atoms with E-state index in [-0.39, 0.29) is 0 Å². The maximum absolute atomic E-state index is 5.94. The van der Waals surface area contributed by atoms with Crippen molar-refractivity contribution in [3.8, 4) is 0 Å². The molecule has 0 bridgehead atoms. The van der Waals surface area contributed by atoms with Gasteiger partial charge in [-0.05, 0) is 43.0 Å². The first kappa shape index (κ1) is 18.7.